The molecule has 3 rings (SSSR count). The molecule has 0 radical (unpaired) electrons. The normalized spacial score (nSPS) is 16.2. The number of carbonyl (C=O) groups excluding carboxylic acids is 1. The highest BCUT2D eigenvalue weighted by molar-refractivity contribution is 7.99. The van der Waals surface area contributed by atoms with Crippen LogP contribution in [-0.2, 0) is 0 Å². The lowest BCUT2D eigenvalue weighted by molar-refractivity contribution is 0.0951. The summed E-state index contributed by atoms with van der Waals surface area (Å²) >= 11 is 1.99. The lowest BCUT2D eigenvalue weighted by Crippen LogP contribution is -2.17. The Kier molecular flexibility index (Phi) is 4.21. The lowest BCUT2D eigenvalue weighted by atomic mass is 9.95. The van der Waals surface area contributed by atoms with Crippen LogP contribution in [0.25, 0.3) is 5.69 Å². The minimum atomic E-state index is 0.211. The van der Waals surface area contributed by atoms with Crippen molar-refractivity contribution < 1.29 is 4.79 Å². The number of para-hydroxylation sites is 1. The third-order valence-corrected chi connectivity index (χ3v) is 4.79. The Labute approximate surface area is 123 Å². The van der Waals surface area contributed by atoms with Gasteiger partial charge < -0.3 is 0 Å². The number of Topliss-reactive ketones (excluding diaryl/α,β-unsaturated/α-hetero) is 1. The molecule has 2 heterocycles. The third-order valence-electron chi connectivity index (χ3n) is 3.74. The van der Waals surface area contributed by atoms with Crippen molar-refractivity contribution in [3.05, 3.63) is 48.3 Å². The zero-order valence-corrected chi connectivity index (χ0v) is 12.2. The average Bonchev–Trinajstić information content (AvgIpc) is 2.99. The Morgan fingerprint density at radius 1 is 1.20 bits per heavy atom. The van der Waals surface area contributed by atoms with Gasteiger partial charge in [-0.1, -0.05) is 18.2 Å². The van der Waals surface area contributed by atoms with E-state index < -0.39 is 0 Å². The van der Waals surface area contributed by atoms with Crippen LogP contribution in [0.3, 0.4) is 0 Å². The Morgan fingerprint density at radius 2 is 1.95 bits per heavy atom. The van der Waals surface area contributed by atoms with E-state index in [2.05, 4.69) is 5.10 Å². The lowest BCUT2D eigenvalue weighted by Gasteiger charge is -2.20. The predicted molar refractivity (Wildman–Crippen MR) is 82.6 cm³/mol. The molecule has 0 N–H and O–H groups in total. The van der Waals surface area contributed by atoms with E-state index in [1.165, 1.54) is 11.5 Å². The van der Waals surface area contributed by atoms with Crippen molar-refractivity contribution in [1.29, 1.82) is 0 Å². The van der Waals surface area contributed by atoms with Crippen LogP contribution in [0.5, 0.6) is 0 Å². The molecule has 1 aliphatic heterocycles. The maximum Gasteiger partial charge on any atom is 0.181 e. The van der Waals surface area contributed by atoms with Crippen LogP contribution in [0, 0.1) is 5.92 Å². The molecule has 0 amide bonds. The van der Waals surface area contributed by atoms with E-state index in [1.807, 2.05) is 48.2 Å². The van der Waals surface area contributed by atoms with Gasteiger partial charge in [-0.15, -0.1) is 0 Å². The first-order valence-corrected chi connectivity index (χ1v) is 8.20. The second kappa shape index (κ2) is 6.27. The minimum Gasteiger partial charge on any atom is -0.292 e. The molecule has 0 aliphatic carbocycles. The van der Waals surface area contributed by atoms with E-state index in [4.69, 9.17) is 0 Å². The van der Waals surface area contributed by atoms with Crippen molar-refractivity contribution in [2.45, 2.75) is 19.3 Å². The van der Waals surface area contributed by atoms with Gasteiger partial charge in [-0.25, -0.2) is 4.68 Å². The largest absolute Gasteiger partial charge is 0.292 e. The van der Waals surface area contributed by atoms with E-state index in [-0.39, 0.29) is 5.78 Å². The van der Waals surface area contributed by atoms with Crippen molar-refractivity contribution in [2.24, 2.45) is 5.92 Å². The predicted octanol–water partition coefficient (Wildman–Crippen LogP) is 3.59. The average molecular weight is 286 g/mol. The molecule has 1 saturated heterocycles. The topological polar surface area (TPSA) is 34.9 Å². The molecule has 3 nitrogen and oxygen atoms in total. The Balaban J connectivity index is 1.77. The highest BCUT2D eigenvalue weighted by atomic mass is 32.2. The van der Waals surface area contributed by atoms with Crippen LogP contribution < -0.4 is 0 Å². The van der Waals surface area contributed by atoms with Gasteiger partial charge in [0.15, 0.2) is 5.78 Å². The molecule has 0 saturated carbocycles. The molecular weight excluding hydrogens is 268 g/mol. The third kappa shape index (κ3) is 2.96. The number of hydrogen-bond donors (Lipinski definition) is 0. The van der Waals surface area contributed by atoms with Gasteiger partial charge >= 0.3 is 0 Å². The van der Waals surface area contributed by atoms with Crippen molar-refractivity contribution >= 4 is 17.5 Å². The molecule has 0 spiro atoms. The van der Waals surface area contributed by atoms with Crippen LogP contribution in [-0.4, -0.2) is 27.1 Å². The SMILES string of the molecule is O=C(CC1CCSCC1)c1ccnn1-c1ccccc1. The van der Waals surface area contributed by atoms with Gasteiger partial charge in [0.1, 0.15) is 5.69 Å². The monoisotopic (exact) mass is 286 g/mol. The summed E-state index contributed by atoms with van der Waals surface area (Å²) in [4.78, 5) is 12.5. The number of hydrogen-bond acceptors (Lipinski definition) is 3. The molecular formula is C16H18N2OS. The Hall–Kier alpha value is -1.55. The van der Waals surface area contributed by atoms with Crippen molar-refractivity contribution in [1.82, 2.24) is 9.78 Å². The molecule has 1 aliphatic rings. The van der Waals surface area contributed by atoms with Crippen molar-refractivity contribution in [2.75, 3.05) is 11.5 Å². The van der Waals surface area contributed by atoms with E-state index in [9.17, 15) is 4.79 Å². The minimum absolute atomic E-state index is 0.211. The van der Waals surface area contributed by atoms with Crippen molar-refractivity contribution in [3.63, 3.8) is 0 Å². The first kappa shape index (κ1) is 13.4. The number of thioether (sulfide) groups is 1. The molecule has 1 fully saturated rings. The molecule has 20 heavy (non-hydrogen) atoms. The quantitative estimate of drug-likeness (QED) is 0.806. The first-order valence-electron chi connectivity index (χ1n) is 7.05. The number of carbonyl (C=O) groups is 1. The van der Waals surface area contributed by atoms with Gasteiger partial charge in [-0.05, 0) is 48.5 Å². The number of ketones is 1. The number of benzene rings is 1. The van der Waals surface area contributed by atoms with E-state index in [0.29, 0.717) is 18.0 Å². The van der Waals surface area contributed by atoms with E-state index in [0.717, 1.165) is 18.5 Å². The summed E-state index contributed by atoms with van der Waals surface area (Å²) in [5.41, 5.74) is 1.65. The zero-order valence-electron chi connectivity index (χ0n) is 11.4. The number of rotatable bonds is 4. The van der Waals surface area contributed by atoms with Crippen molar-refractivity contribution in [3.8, 4) is 5.69 Å². The van der Waals surface area contributed by atoms with Gasteiger partial charge in [0, 0.05) is 6.42 Å². The summed E-state index contributed by atoms with van der Waals surface area (Å²) in [5, 5.41) is 4.29. The van der Waals surface area contributed by atoms with Gasteiger partial charge in [0.25, 0.3) is 0 Å². The van der Waals surface area contributed by atoms with Crippen LogP contribution >= 0.6 is 11.8 Å². The number of aromatic nitrogens is 2. The Morgan fingerprint density at radius 3 is 2.70 bits per heavy atom. The van der Waals surface area contributed by atoms with Gasteiger partial charge in [0.05, 0.1) is 11.9 Å². The fourth-order valence-corrected chi connectivity index (χ4v) is 3.81. The standard InChI is InChI=1S/C16H18N2OS/c19-16(12-13-7-10-20-11-8-13)15-6-9-17-18(15)14-4-2-1-3-5-14/h1-6,9,13H,7-8,10-12H2. The highest BCUT2D eigenvalue weighted by Gasteiger charge is 2.20. The van der Waals surface area contributed by atoms with Gasteiger partial charge in [-0.3, -0.25) is 4.79 Å². The summed E-state index contributed by atoms with van der Waals surface area (Å²) in [6.07, 6.45) is 4.68. The summed E-state index contributed by atoms with van der Waals surface area (Å²) in [6, 6.07) is 11.7. The summed E-state index contributed by atoms with van der Waals surface area (Å²) in [5.74, 6) is 3.14. The zero-order chi connectivity index (χ0) is 13.8. The molecule has 104 valence electrons. The molecule has 0 bridgehead atoms. The van der Waals surface area contributed by atoms with Gasteiger partial charge in [-0.2, -0.15) is 16.9 Å². The maximum atomic E-state index is 12.5. The summed E-state index contributed by atoms with van der Waals surface area (Å²) < 4.78 is 1.75. The second-order valence-corrected chi connectivity index (χ2v) is 6.37. The number of nitrogens with zero attached hydrogens (tertiary/aromatic N) is 2. The molecule has 4 heteroatoms. The van der Waals surface area contributed by atoms with Crippen LogP contribution in [0.2, 0.25) is 0 Å². The highest BCUT2D eigenvalue weighted by Crippen LogP contribution is 2.26. The first-order chi connectivity index (χ1) is 9.84. The smallest absolute Gasteiger partial charge is 0.181 e. The van der Waals surface area contributed by atoms with E-state index in [1.54, 1.807) is 10.9 Å². The van der Waals surface area contributed by atoms with Crippen LogP contribution in [0.1, 0.15) is 29.8 Å². The van der Waals surface area contributed by atoms with E-state index >= 15 is 0 Å². The summed E-state index contributed by atoms with van der Waals surface area (Å²) in [7, 11) is 0. The molecule has 0 unspecified atom stereocenters. The molecule has 0 atom stereocenters. The van der Waals surface area contributed by atoms with Crippen LogP contribution in [0.15, 0.2) is 42.6 Å². The molecule has 1 aromatic heterocycles. The maximum absolute atomic E-state index is 12.5. The fourth-order valence-electron chi connectivity index (χ4n) is 2.61. The summed E-state index contributed by atoms with van der Waals surface area (Å²) in [6.45, 7) is 0. The van der Waals surface area contributed by atoms with Crippen LogP contribution in [0.4, 0.5) is 0 Å². The molecule has 1 aromatic carbocycles. The molecule has 2 aromatic rings. The Bertz CT molecular complexity index is 573. The van der Waals surface area contributed by atoms with Gasteiger partial charge in [0.2, 0.25) is 0 Å². The fraction of sp³-hybridized carbons (Fsp3) is 0.375. The second-order valence-electron chi connectivity index (χ2n) is 5.15.